The van der Waals surface area contributed by atoms with Crippen molar-refractivity contribution in [2.45, 2.75) is 13.0 Å². The Morgan fingerprint density at radius 2 is 1.85 bits per heavy atom. The number of hydrogen-bond donors (Lipinski definition) is 1. The van der Waals surface area contributed by atoms with Gasteiger partial charge in [-0.2, -0.15) is 5.10 Å². The van der Waals surface area contributed by atoms with Gasteiger partial charge in [-0.05, 0) is 50.8 Å². The number of para-hydroxylation sites is 1. The number of carbonyl (C=O) groups excluding carboxylic acids is 2. The van der Waals surface area contributed by atoms with Crippen LogP contribution in [-0.2, 0) is 9.59 Å². The lowest BCUT2D eigenvalue weighted by Gasteiger charge is -2.26. The van der Waals surface area contributed by atoms with Gasteiger partial charge in [0.25, 0.3) is 11.7 Å². The van der Waals surface area contributed by atoms with Crippen molar-refractivity contribution in [3.05, 3.63) is 88.2 Å². The van der Waals surface area contributed by atoms with E-state index in [-0.39, 0.29) is 11.3 Å². The molecule has 0 radical (unpaired) electrons. The Balaban J connectivity index is 1.85. The van der Waals surface area contributed by atoms with Gasteiger partial charge in [0.2, 0.25) is 0 Å². The molecule has 1 N–H and O–H groups in total. The molecule has 3 aromatic rings. The molecule has 1 saturated heterocycles. The van der Waals surface area contributed by atoms with Gasteiger partial charge in [0, 0.05) is 18.1 Å². The van der Waals surface area contributed by atoms with E-state index in [1.54, 1.807) is 28.9 Å². The number of benzene rings is 2. The lowest BCUT2D eigenvalue weighted by atomic mass is 9.95. The van der Waals surface area contributed by atoms with Gasteiger partial charge in [-0.15, -0.1) is 0 Å². The first-order chi connectivity index (χ1) is 15.8. The second-order valence-electron chi connectivity index (χ2n) is 8.24. The molecular weight excluding hydrogens is 440 g/mol. The van der Waals surface area contributed by atoms with Crippen LogP contribution >= 0.6 is 11.6 Å². The van der Waals surface area contributed by atoms with Gasteiger partial charge in [-0.25, -0.2) is 4.68 Å². The summed E-state index contributed by atoms with van der Waals surface area (Å²) < 4.78 is 1.69. The molecule has 0 saturated carbocycles. The number of amides is 1. The smallest absolute Gasteiger partial charge is 0.295 e. The predicted molar refractivity (Wildman–Crippen MR) is 127 cm³/mol. The maximum absolute atomic E-state index is 13.1. The van der Waals surface area contributed by atoms with Crippen LogP contribution in [0.3, 0.4) is 0 Å². The van der Waals surface area contributed by atoms with Crippen molar-refractivity contribution in [2.75, 3.05) is 27.2 Å². The minimum Gasteiger partial charge on any atom is -0.507 e. The Bertz CT molecular complexity index is 1230. The predicted octanol–water partition coefficient (Wildman–Crippen LogP) is 3.82. The molecule has 0 spiro atoms. The van der Waals surface area contributed by atoms with E-state index in [1.807, 2.05) is 56.3 Å². The van der Waals surface area contributed by atoms with Gasteiger partial charge in [-0.1, -0.05) is 41.9 Å². The summed E-state index contributed by atoms with van der Waals surface area (Å²) in [4.78, 5) is 29.6. The summed E-state index contributed by atoms with van der Waals surface area (Å²) in [5.41, 5.74) is 2.58. The monoisotopic (exact) mass is 464 g/mol. The average Bonchev–Trinajstić information content (AvgIpc) is 3.30. The van der Waals surface area contributed by atoms with E-state index in [1.165, 1.54) is 11.1 Å². The van der Waals surface area contributed by atoms with E-state index in [9.17, 15) is 14.7 Å². The highest BCUT2D eigenvalue weighted by Gasteiger charge is 2.46. The summed E-state index contributed by atoms with van der Waals surface area (Å²) >= 11 is 6.22. The summed E-state index contributed by atoms with van der Waals surface area (Å²) in [6.45, 7) is 2.70. The van der Waals surface area contributed by atoms with Crippen LogP contribution in [0.1, 0.15) is 22.9 Å². The van der Waals surface area contributed by atoms with E-state index in [4.69, 9.17) is 11.6 Å². The molecule has 2 heterocycles. The Morgan fingerprint density at radius 3 is 2.52 bits per heavy atom. The van der Waals surface area contributed by atoms with E-state index in [0.717, 1.165) is 5.69 Å². The SMILES string of the molecule is Cc1c(/C(O)=C2\C(=O)C(=O)N(CCN(C)C)[C@H]2c2cccc(Cl)c2)cnn1-c1ccccc1. The number of likely N-dealkylation sites (N-methyl/N-ethyl adjacent to an activating group) is 1. The molecular formula is C25H25ClN4O3. The molecule has 1 amide bonds. The average molecular weight is 465 g/mol. The Kier molecular flexibility index (Phi) is 6.35. The molecule has 7 nitrogen and oxygen atoms in total. The molecule has 2 aromatic carbocycles. The molecule has 1 aliphatic heterocycles. The number of Topliss-reactive ketones (excluding diaryl/α,β-unsaturated/α-hetero) is 1. The quantitative estimate of drug-likeness (QED) is 0.341. The van der Waals surface area contributed by atoms with Gasteiger partial charge < -0.3 is 14.9 Å². The maximum atomic E-state index is 13.1. The number of likely N-dealkylation sites (tertiary alicyclic amines) is 1. The molecule has 0 bridgehead atoms. The van der Waals surface area contributed by atoms with Gasteiger partial charge in [0.15, 0.2) is 0 Å². The van der Waals surface area contributed by atoms with Crippen molar-refractivity contribution in [1.82, 2.24) is 19.6 Å². The molecule has 170 valence electrons. The fourth-order valence-electron chi connectivity index (χ4n) is 4.06. The number of ketones is 1. The van der Waals surface area contributed by atoms with Crippen LogP contribution in [-0.4, -0.2) is 63.6 Å². The first-order valence-corrected chi connectivity index (χ1v) is 11.0. The molecule has 8 heteroatoms. The normalized spacial score (nSPS) is 17.8. The van der Waals surface area contributed by atoms with E-state index in [0.29, 0.717) is 34.9 Å². The third kappa shape index (κ3) is 4.29. The van der Waals surface area contributed by atoms with Crippen molar-refractivity contribution < 1.29 is 14.7 Å². The fraction of sp³-hybridized carbons (Fsp3) is 0.240. The van der Waals surface area contributed by atoms with Crippen molar-refractivity contribution in [3.8, 4) is 5.69 Å². The Labute approximate surface area is 197 Å². The van der Waals surface area contributed by atoms with E-state index in [2.05, 4.69) is 5.10 Å². The fourth-order valence-corrected chi connectivity index (χ4v) is 4.26. The highest BCUT2D eigenvalue weighted by atomic mass is 35.5. The number of aliphatic hydroxyl groups is 1. The summed E-state index contributed by atoms with van der Waals surface area (Å²) in [5, 5.41) is 16.2. The maximum Gasteiger partial charge on any atom is 0.295 e. The summed E-state index contributed by atoms with van der Waals surface area (Å²) in [6, 6.07) is 15.8. The van der Waals surface area contributed by atoms with E-state index >= 15 is 0 Å². The third-order valence-electron chi connectivity index (χ3n) is 5.76. The first kappa shape index (κ1) is 22.8. The van der Waals surface area contributed by atoms with Crippen molar-refractivity contribution >= 4 is 29.1 Å². The zero-order chi connectivity index (χ0) is 23.7. The highest BCUT2D eigenvalue weighted by molar-refractivity contribution is 6.46. The zero-order valence-corrected chi connectivity index (χ0v) is 19.5. The number of aliphatic hydroxyl groups excluding tert-OH is 1. The lowest BCUT2D eigenvalue weighted by molar-refractivity contribution is -0.140. The zero-order valence-electron chi connectivity index (χ0n) is 18.7. The van der Waals surface area contributed by atoms with Gasteiger partial charge in [0.05, 0.1) is 34.8 Å². The van der Waals surface area contributed by atoms with Crippen LogP contribution in [0.5, 0.6) is 0 Å². The van der Waals surface area contributed by atoms with Crippen molar-refractivity contribution in [1.29, 1.82) is 0 Å². The highest BCUT2D eigenvalue weighted by Crippen LogP contribution is 2.40. The lowest BCUT2D eigenvalue weighted by Crippen LogP contribution is -2.35. The number of nitrogens with zero attached hydrogens (tertiary/aromatic N) is 4. The topological polar surface area (TPSA) is 78.7 Å². The molecule has 0 unspecified atom stereocenters. The minimum absolute atomic E-state index is 0.0386. The van der Waals surface area contributed by atoms with Gasteiger partial charge in [0.1, 0.15) is 5.76 Å². The van der Waals surface area contributed by atoms with Gasteiger partial charge in [-0.3, -0.25) is 9.59 Å². The minimum atomic E-state index is -0.747. The summed E-state index contributed by atoms with van der Waals surface area (Å²) in [5.74, 6) is -1.61. The molecule has 1 aliphatic rings. The standard InChI is InChI=1S/C25H25ClN4O3/c1-16-20(15-27-30(16)19-10-5-4-6-11-19)23(31)21-22(17-8-7-9-18(26)14-17)29(13-12-28(2)3)25(33)24(21)32/h4-11,14-15,22,31H,12-13H2,1-3H3/b23-21+/t22-/m0/s1. The number of aromatic nitrogens is 2. The van der Waals surface area contributed by atoms with Crippen LogP contribution in [0, 0.1) is 6.92 Å². The van der Waals surface area contributed by atoms with Crippen LogP contribution in [0.25, 0.3) is 11.4 Å². The summed E-state index contributed by atoms with van der Waals surface area (Å²) in [7, 11) is 3.79. The number of halogens is 1. The van der Waals surface area contributed by atoms with Crippen LogP contribution in [0.2, 0.25) is 5.02 Å². The first-order valence-electron chi connectivity index (χ1n) is 10.6. The Morgan fingerprint density at radius 1 is 1.12 bits per heavy atom. The molecule has 1 aromatic heterocycles. The van der Waals surface area contributed by atoms with Crippen LogP contribution in [0.4, 0.5) is 0 Å². The molecule has 0 aliphatic carbocycles. The number of rotatable bonds is 6. The largest absolute Gasteiger partial charge is 0.507 e. The number of hydrogen-bond acceptors (Lipinski definition) is 5. The molecule has 1 fully saturated rings. The van der Waals surface area contributed by atoms with Crippen LogP contribution in [0.15, 0.2) is 66.4 Å². The number of carbonyl (C=O) groups is 2. The third-order valence-corrected chi connectivity index (χ3v) is 5.99. The van der Waals surface area contributed by atoms with Crippen molar-refractivity contribution in [3.63, 3.8) is 0 Å². The van der Waals surface area contributed by atoms with Crippen LogP contribution < -0.4 is 0 Å². The summed E-state index contributed by atoms with van der Waals surface area (Å²) in [6.07, 6.45) is 1.51. The van der Waals surface area contributed by atoms with E-state index < -0.39 is 17.7 Å². The Hall–Kier alpha value is -3.42. The molecule has 33 heavy (non-hydrogen) atoms. The second-order valence-corrected chi connectivity index (χ2v) is 8.68. The molecule has 1 atom stereocenters. The van der Waals surface area contributed by atoms with Gasteiger partial charge >= 0.3 is 0 Å². The van der Waals surface area contributed by atoms with Crippen molar-refractivity contribution in [2.24, 2.45) is 0 Å². The second kappa shape index (κ2) is 9.21. The molecule has 4 rings (SSSR count).